The first-order valence-corrected chi connectivity index (χ1v) is 6.23. The van der Waals surface area contributed by atoms with Crippen molar-refractivity contribution in [3.05, 3.63) is 0 Å². The molecule has 3 aliphatic rings. The molecule has 2 saturated heterocycles. The number of hydrogen-bond acceptors (Lipinski definition) is 2. The van der Waals surface area contributed by atoms with Crippen LogP contribution in [0.3, 0.4) is 0 Å². The third kappa shape index (κ3) is 1.23. The number of nitrogens with zero attached hydrogens (tertiary/aromatic N) is 1. The molecule has 2 nitrogen and oxygen atoms in total. The quantitative estimate of drug-likeness (QED) is 0.738. The van der Waals surface area contributed by atoms with E-state index in [9.17, 15) is 8.78 Å². The van der Waals surface area contributed by atoms with E-state index < -0.39 is 11.8 Å². The van der Waals surface area contributed by atoms with E-state index in [-0.39, 0.29) is 17.6 Å². The number of rotatable bonds is 3. The van der Waals surface area contributed by atoms with Gasteiger partial charge in [-0.15, -0.1) is 0 Å². The van der Waals surface area contributed by atoms with E-state index in [4.69, 9.17) is 4.74 Å². The van der Waals surface area contributed by atoms with Gasteiger partial charge in [0.25, 0.3) is 5.92 Å². The molecule has 3 fully saturated rings. The van der Waals surface area contributed by atoms with Crippen molar-refractivity contribution in [1.29, 1.82) is 0 Å². The molecular weight excluding hydrogens is 212 g/mol. The smallest absolute Gasteiger partial charge is 0.257 e. The van der Waals surface area contributed by atoms with Gasteiger partial charge in [0.1, 0.15) is 0 Å². The summed E-state index contributed by atoms with van der Waals surface area (Å²) >= 11 is 0. The molecule has 0 amide bonds. The summed E-state index contributed by atoms with van der Waals surface area (Å²) in [4.78, 5) is 2.25. The molecule has 3 unspecified atom stereocenters. The van der Waals surface area contributed by atoms with Gasteiger partial charge in [-0.1, -0.05) is 0 Å². The fourth-order valence-corrected chi connectivity index (χ4v) is 3.73. The Kier molecular flexibility index (Phi) is 2.16. The summed E-state index contributed by atoms with van der Waals surface area (Å²) in [6.45, 7) is 5.98. The van der Waals surface area contributed by atoms with Crippen LogP contribution >= 0.6 is 0 Å². The first-order chi connectivity index (χ1) is 7.48. The van der Waals surface area contributed by atoms with Gasteiger partial charge in [0, 0.05) is 12.5 Å². The van der Waals surface area contributed by atoms with Crippen LogP contribution in [-0.2, 0) is 4.74 Å². The Morgan fingerprint density at radius 3 is 2.88 bits per heavy atom. The Balaban J connectivity index is 1.79. The number of fused-ring (bicyclic) bond motifs is 3. The summed E-state index contributed by atoms with van der Waals surface area (Å²) in [6, 6.07) is 0. The molecular formula is C12H19F2NO. The van der Waals surface area contributed by atoms with Crippen LogP contribution in [0.4, 0.5) is 8.78 Å². The Labute approximate surface area is 94.9 Å². The molecule has 4 heteroatoms. The van der Waals surface area contributed by atoms with E-state index in [1.807, 2.05) is 13.8 Å². The molecule has 0 N–H and O–H groups in total. The molecule has 1 aliphatic carbocycles. The first-order valence-electron chi connectivity index (χ1n) is 6.23. The van der Waals surface area contributed by atoms with Crippen molar-refractivity contribution in [2.24, 2.45) is 11.8 Å². The minimum absolute atomic E-state index is 0.128. The summed E-state index contributed by atoms with van der Waals surface area (Å²) in [5.74, 6) is -3.23. The normalized spacial score (nSPS) is 44.8. The van der Waals surface area contributed by atoms with Crippen LogP contribution in [-0.4, -0.2) is 42.2 Å². The number of hydrogen-bond donors (Lipinski definition) is 0. The molecule has 0 aromatic rings. The first kappa shape index (κ1) is 10.9. The van der Waals surface area contributed by atoms with Crippen molar-refractivity contribution in [3.63, 3.8) is 0 Å². The second-order valence-corrected chi connectivity index (χ2v) is 5.77. The van der Waals surface area contributed by atoms with Crippen molar-refractivity contribution < 1.29 is 13.5 Å². The lowest BCUT2D eigenvalue weighted by Gasteiger charge is -2.36. The molecule has 0 radical (unpaired) electrons. The second-order valence-electron chi connectivity index (χ2n) is 5.77. The number of ether oxygens (including phenoxy) is 1. The zero-order valence-corrected chi connectivity index (χ0v) is 9.88. The molecule has 0 bridgehead atoms. The Morgan fingerprint density at radius 2 is 2.19 bits per heavy atom. The highest BCUT2D eigenvalue weighted by Gasteiger charge is 2.81. The van der Waals surface area contributed by atoms with Crippen molar-refractivity contribution in [2.45, 2.75) is 44.3 Å². The maximum Gasteiger partial charge on any atom is 0.257 e. The van der Waals surface area contributed by atoms with Crippen molar-refractivity contribution >= 4 is 0 Å². The SMILES string of the molecule is CC(C)OCC12CCCN1CC1C2C1(F)F. The van der Waals surface area contributed by atoms with Crippen LogP contribution in [0.1, 0.15) is 26.7 Å². The van der Waals surface area contributed by atoms with Gasteiger partial charge < -0.3 is 4.74 Å². The summed E-state index contributed by atoms with van der Waals surface area (Å²) in [6.07, 6.45) is 2.06. The lowest BCUT2D eigenvalue weighted by atomic mass is 9.92. The number of halogens is 2. The lowest BCUT2D eigenvalue weighted by Crippen LogP contribution is -2.49. The van der Waals surface area contributed by atoms with Gasteiger partial charge in [-0.2, -0.15) is 0 Å². The van der Waals surface area contributed by atoms with E-state index in [1.165, 1.54) is 0 Å². The largest absolute Gasteiger partial charge is 0.377 e. The van der Waals surface area contributed by atoms with Crippen LogP contribution < -0.4 is 0 Å². The maximum atomic E-state index is 13.6. The number of alkyl halides is 2. The van der Waals surface area contributed by atoms with Crippen LogP contribution in [0.5, 0.6) is 0 Å². The molecule has 2 aliphatic heterocycles. The highest BCUT2D eigenvalue weighted by Crippen LogP contribution is 2.68. The molecule has 0 aromatic heterocycles. The van der Waals surface area contributed by atoms with E-state index in [1.54, 1.807) is 0 Å². The topological polar surface area (TPSA) is 12.5 Å². The zero-order chi connectivity index (χ0) is 11.6. The van der Waals surface area contributed by atoms with Gasteiger partial charge in [-0.3, -0.25) is 4.90 Å². The fraction of sp³-hybridized carbons (Fsp3) is 1.00. The second kappa shape index (κ2) is 3.16. The van der Waals surface area contributed by atoms with E-state index in [2.05, 4.69) is 4.90 Å². The lowest BCUT2D eigenvalue weighted by molar-refractivity contribution is -0.0487. The summed E-state index contributed by atoms with van der Waals surface area (Å²) in [5.41, 5.74) is -0.335. The van der Waals surface area contributed by atoms with Crippen molar-refractivity contribution in [3.8, 4) is 0 Å². The Bertz CT molecular complexity index is 307. The van der Waals surface area contributed by atoms with Gasteiger partial charge in [-0.05, 0) is 33.2 Å². The van der Waals surface area contributed by atoms with Crippen molar-refractivity contribution in [2.75, 3.05) is 19.7 Å². The Hall–Kier alpha value is -0.220. The molecule has 0 aromatic carbocycles. The fourth-order valence-electron chi connectivity index (χ4n) is 3.73. The van der Waals surface area contributed by atoms with Crippen molar-refractivity contribution in [1.82, 2.24) is 4.90 Å². The van der Waals surface area contributed by atoms with Gasteiger partial charge in [0.15, 0.2) is 0 Å². The van der Waals surface area contributed by atoms with Crippen LogP contribution in [0, 0.1) is 11.8 Å². The van der Waals surface area contributed by atoms with E-state index in [0.29, 0.717) is 13.2 Å². The monoisotopic (exact) mass is 231 g/mol. The van der Waals surface area contributed by atoms with Gasteiger partial charge in [0.05, 0.1) is 24.2 Å². The van der Waals surface area contributed by atoms with Gasteiger partial charge >= 0.3 is 0 Å². The predicted octanol–water partition coefficient (Wildman–Crippen LogP) is 2.14. The molecule has 1 saturated carbocycles. The molecule has 3 atom stereocenters. The zero-order valence-electron chi connectivity index (χ0n) is 9.88. The third-order valence-electron chi connectivity index (χ3n) is 4.53. The maximum absolute atomic E-state index is 13.6. The minimum Gasteiger partial charge on any atom is -0.377 e. The highest BCUT2D eigenvalue weighted by atomic mass is 19.3. The average molecular weight is 231 g/mol. The predicted molar refractivity (Wildman–Crippen MR) is 56.6 cm³/mol. The highest BCUT2D eigenvalue weighted by molar-refractivity contribution is 5.25. The molecule has 92 valence electrons. The molecule has 0 spiro atoms. The number of piperidine rings is 1. The third-order valence-corrected chi connectivity index (χ3v) is 4.53. The summed E-state index contributed by atoms with van der Waals surface area (Å²) < 4.78 is 32.8. The summed E-state index contributed by atoms with van der Waals surface area (Å²) in [5, 5.41) is 0. The van der Waals surface area contributed by atoms with Gasteiger partial charge in [0.2, 0.25) is 0 Å². The van der Waals surface area contributed by atoms with E-state index in [0.717, 1.165) is 19.4 Å². The van der Waals surface area contributed by atoms with E-state index >= 15 is 0 Å². The Morgan fingerprint density at radius 1 is 1.44 bits per heavy atom. The summed E-state index contributed by atoms with van der Waals surface area (Å²) in [7, 11) is 0. The molecule has 16 heavy (non-hydrogen) atoms. The average Bonchev–Trinajstić information content (AvgIpc) is 2.55. The minimum atomic E-state index is -2.42. The molecule has 3 rings (SSSR count). The van der Waals surface area contributed by atoms with Crippen LogP contribution in [0.15, 0.2) is 0 Å². The standard InChI is InChI=1S/C12H19F2NO/c1-8(2)16-7-11-4-3-5-15(11)6-9-10(11)12(9,13)14/h8-10H,3-7H2,1-2H3. The van der Waals surface area contributed by atoms with Crippen LogP contribution in [0.2, 0.25) is 0 Å². The van der Waals surface area contributed by atoms with Crippen LogP contribution in [0.25, 0.3) is 0 Å². The molecule has 2 heterocycles. The van der Waals surface area contributed by atoms with Gasteiger partial charge in [-0.25, -0.2) is 8.78 Å².